The van der Waals surface area contributed by atoms with Crippen molar-refractivity contribution in [3.8, 4) is 11.5 Å². The summed E-state index contributed by atoms with van der Waals surface area (Å²) in [7, 11) is 1.78. The number of aromatic nitrogens is 2. The summed E-state index contributed by atoms with van der Waals surface area (Å²) in [4.78, 5) is 8.75. The average Bonchev–Trinajstić information content (AvgIpc) is 3.13. The first-order chi connectivity index (χ1) is 14.1. The predicted octanol–water partition coefficient (Wildman–Crippen LogP) is 3.86. The Kier molecular flexibility index (Phi) is 12.3. The Bertz CT molecular complexity index is 777. The summed E-state index contributed by atoms with van der Waals surface area (Å²) in [6.45, 7) is 12.0. The highest BCUT2D eigenvalue weighted by Crippen LogP contribution is 2.28. The fourth-order valence-corrected chi connectivity index (χ4v) is 3.03. The summed E-state index contributed by atoms with van der Waals surface area (Å²) in [6, 6.07) is 6.11. The monoisotopic (exact) mass is 529 g/mol. The first-order valence-electron chi connectivity index (χ1n) is 10.4. The SMILES string of the molecule is CCOc1ccc(CCNC(=NC)NCc2nccn2CC(C)C)cc1OCC.I. The normalized spacial score (nSPS) is 11.2. The largest absolute Gasteiger partial charge is 0.490 e. The van der Waals surface area contributed by atoms with E-state index in [1.165, 1.54) is 5.56 Å². The molecule has 0 amide bonds. The Labute approximate surface area is 197 Å². The van der Waals surface area contributed by atoms with Crippen LogP contribution in [-0.4, -0.2) is 42.3 Å². The first kappa shape index (κ1) is 26.1. The number of ether oxygens (including phenoxy) is 2. The molecule has 0 fully saturated rings. The van der Waals surface area contributed by atoms with Gasteiger partial charge in [-0.05, 0) is 43.9 Å². The second kappa shape index (κ2) is 14.1. The van der Waals surface area contributed by atoms with Gasteiger partial charge in [-0.25, -0.2) is 4.98 Å². The molecule has 168 valence electrons. The van der Waals surface area contributed by atoms with Crippen LogP contribution in [0.3, 0.4) is 0 Å². The van der Waals surface area contributed by atoms with Crippen LogP contribution in [0, 0.1) is 5.92 Å². The quantitative estimate of drug-likeness (QED) is 0.263. The van der Waals surface area contributed by atoms with Gasteiger partial charge < -0.3 is 24.7 Å². The van der Waals surface area contributed by atoms with Gasteiger partial charge in [0.1, 0.15) is 5.82 Å². The molecule has 0 radical (unpaired) electrons. The standard InChI is InChI=1S/C22H35N5O2.HI/c1-6-28-19-9-8-18(14-20(19)29-7-2)10-11-25-22(23-5)26-15-21-24-12-13-27(21)16-17(3)4;/h8-9,12-14,17H,6-7,10-11,15-16H2,1-5H3,(H2,23,25,26);1H. The molecule has 1 aromatic heterocycles. The van der Waals surface area contributed by atoms with Crippen LogP contribution in [0.15, 0.2) is 35.6 Å². The van der Waals surface area contributed by atoms with E-state index in [1.807, 2.05) is 32.3 Å². The number of rotatable bonds is 11. The van der Waals surface area contributed by atoms with E-state index in [0.29, 0.717) is 25.7 Å². The number of imidazole rings is 1. The zero-order chi connectivity index (χ0) is 21.1. The van der Waals surface area contributed by atoms with Gasteiger partial charge in [-0.2, -0.15) is 0 Å². The average molecular weight is 529 g/mol. The molecule has 0 aliphatic heterocycles. The smallest absolute Gasteiger partial charge is 0.191 e. The highest BCUT2D eigenvalue weighted by molar-refractivity contribution is 14.0. The van der Waals surface area contributed by atoms with Crippen LogP contribution in [0.5, 0.6) is 11.5 Å². The second-order valence-electron chi connectivity index (χ2n) is 7.14. The third-order valence-electron chi connectivity index (χ3n) is 4.32. The van der Waals surface area contributed by atoms with Gasteiger partial charge in [-0.3, -0.25) is 4.99 Å². The summed E-state index contributed by atoms with van der Waals surface area (Å²) in [5, 5.41) is 6.70. The maximum Gasteiger partial charge on any atom is 0.191 e. The lowest BCUT2D eigenvalue weighted by Gasteiger charge is -2.15. The minimum atomic E-state index is 0. The molecule has 0 spiro atoms. The lowest BCUT2D eigenvalue weighted by Crippen LogP contribution is -2.38. The lowest BCUT2D eigenvalue weighted by molar-refractivity contribution is 0.287. The summed E-state index contributed by atoms with van der Waals surface area (Å²) in [5.41, 5.74) is 1.19. The van der Waals surface area contributed by atoms with Crippen molar-refractivity contribution in [3.63, 3.8) is 0 Å². The molecule has 1 aromatic carbocycles. The van der Waals surface area contributed by atoms with Crippen LogP contribution >= 0.6 is 24.0 Å². The van der Waals surface area contributed by atoms with Crippen molar-refractivity contribution in [1.29, 1.82) is 0 Å². The lowest BCUT2D eigenvalue weighted by atomic mass is 10.1. The minimum Gasteiger partial charge on any atom is -0.490 e. The number of aliphatic imine (C=N–C) groups is 1. The molecule has 0 bridgehead atoms. The number of benzene rings is 1. The molecule has 7 nitrogen and oxygen atoms in total. The van der Waals surface area contributed by atoms with E-state index in [0.717, 1.165) is 42.8 Å². The minimum absolute atomic E-state index is 0. The van der Waals surface area contributed by atoms with E-state index < -0.39 is 0 Å². The molecule has 0 saturated heterocycles. The van der Waals surface area contributed by atoms with Crippen LogP contribution in [0.25, 0.3) is 0 Å². The van der Waals surface area contributed by atoms with E-state index in [-0.39, 0.29) is 24.0 Å². The molecule has 0 saturated carbocycles. The molecule has 1 heterocycles. The van der Waals surface area contributed by atoms with Gasteiger partial charge in [0.25, 0.3) is 0 Å². The van der Waals surface area contributed by atoms with Gasteiger partial charge in [0, 0.05) is 32.5 Å². The number of hydrogen-bond acceptors (Lipinski definition) is 4. The van der Waals surface area contributed by atoms with Gasteiger partial charge in [0.05, 0.1) is 19.8 Å². The summed E-state index contributed by atoms with van der Waals surface area (Å²) in [5.74, 6) is 3.94. The number of guanidine groups is 1. The maximum absolute atomic E-state index is 5.71. The van der Waals surface area contributed by atoms with Crippen LogP contribution in [-0.2, 0) is 19.5 Å². The van der Waals surface area contributed by atoms with Gasteiger partial charge >= 0.3 is 0 Å². The van der Waals surface area contributed by atoms with E-state index in [2.05, 4.69) is 51.2 Å². The van der Waals surface area contributed by atoms with E-state index in [9.17, 15) is 0 Å². The van der Waals surface area contributed by atoms with Crippen molar-refractivity contribution >= 4 is 29.9 Å². The van der Waals surface area contributed by atoms with Crippen molar-refractivity contribution in [1.82, 2.24) is 20.2 Å². The molecule has 0 aliphatic carbocycles. The van der Waals surface area contributed by atoms with E-state index >= 15 is 0 Å². The Morgan fingerprint density at radius 3 is 2.53 bits per heavy atom. The molecular formula is C22H36IN5O2. The van der Waals surface area contributed by atoms with Crippen molar-refractivity contribution in [3.05, 3.63) is 42.0 Å². The molecule has 2 rings (SSSR count). The van der Waals surface area contributed by atoms with Crippen LogP contribution in [0.4, 0.5) is 0 Å². The molecular weight excluding hydrogens is 493 g/mol. The van der Waals surface area contributed by atoms with E-state index in [4.69, 9.17) is 9.47 Å². The predicted molar refractivity (Wildman–Crippen MR) is 133 cm³/mol. The summed E-state index contributed by atoms with van der Waals surface area (Å²) >= 11 is 0. The first-order valence-corrected chi connectivity index (χ1v) is 10.4. The van der Waals surface area contributed by atoms with Crippen LogP contribution < -0.4 is 20.1 Å². The van der Waals surface area contributed by atoms with Gasteiger partial charge in [0.2, 0.25) is 0 Å². The van der Waals surface area contributed by atoms with Gasteiger partial charge in [0.15, 0.2) is 17.5 Å². The number of hydrogen-bond donors (Lipinski definition) is 2. The topological polar surface area (TPSA) is 72.7 Å². The molecule has 30 heavy (non-hydrogen) atoms. The summed E-state index contributed by atoms with van der Waals surface area (Å²) in [6.07, 6.45) is 4.72. The third kappa shape index (κ3) is 8.41. The molecule has 2 N–H and O–H groups in total. The highest BCUT2D eigenvalue weighted by atomic mass is 127. The zero-order valence-corrected chi connectivity index (χ0v) is 21.1. The van der Waals surface area contributed by atoms with Crippen molar-refractivity contribution < 1.29 is 9.47 Å². The van der Waals surface area contributed by atoms with Crippen molar-refractivity contribution in [2.75, 3.05) is 26.8 Å². The Balaban J connectivity index is 0.00000450. The summed E-state index contributed by atoms with van der Waals surface area (Å²) < 4.78 is 13.5. The molecule has 0 aliphatic rings. The van der Waals surface area contributed by atoms with Gasteiger partial charge in [-0.15, -0.1) is 24.0 Å². The Hall–Kier alpha value is -1.97. The molecule has 8 heteroatoms. The van der Waals surface area contributed by atoms with E-state index in [1.54, 1.807) is 7.05 Å². The number of halogens is 1. The molecule has 2 aromatic rings. The Morgan fingerprint density at radius 1 is 1.13 bits per heavy atom. The van der Waals surface area contributed by atoms with Crippen LogP contribution in [0.1, 0.15) is 39.1 Å². The fourth-order valence-electron chi connectivity index (χ4n) is 3.03. The number of nitrogens with one attached hydrogen (secondary N) is 2. The van der Waals surface area contributed by atoms with Crippen molar-refractivity contribution in [2.24, 2.45) is 10.9 Å². The number of nitrogens with zero attached hydrogens (tertiary/aromatic N) is 3. The maximum atomic E-state index is 5.71. The van der Waals surface area contributed by atoms with Gasteiger partial charge in [-0.1, -0.05) is 19.9 Å². The fraction of sp³-hybridized carbons (Fsp3) is 0.545. The molecule has 0 unspecified atom stereocenters. The van der Waals surface area contributed by atoms with Crippen LogP contribution in [0.2, 0.25) is 0 Å². The third-order valence-corrected chi connectivity index (χ3v) is 4.32. The van der Waals surface area contributed by atoms with Crippen molar-refractivity contribution in [2.45, 2.75) is 47.2 Å². The zero-order valence-electron chi connectivity index (χ0n) is 18.8. The molecule has 0 atom stereocenters. The Morgan fingerprint density at radius 2 is 1.87 bits per heavy atom. The second-order valence-corrected chi connectivity index (χ2v) is 7.14. The highest BCUT2D eigenvalue weighted by Gasteiger charge is 2.08.